The summed E-state index contributed by atoms with van der Waals surface area (Å²) in [7, 11) is 0. The first-order valence-electron chi connectivity index (χ1n) is 8.81. The molecular formula is C21H24N2O4. The Morgan fingerprint density at radius 3 is 1.96 bits per heavy atom. The molecule has 0 saturated carbocycles. The number of nitrogens with one attached hydrogen (secondary N) is 2. The first-order chi connectivity index (χ1) is 12.9. The molecule has 2 amide bonds. The van der Waals surface area contributed by atoms with Crippen LogP contribution in [0, 0.1) is 5.92 Å². The van der Waals surface area contributed by atoms with Crippen molar-refractivity contribution in [2.24, 2.45) is 5.92 Å². The lowest BCUT2D eigenvalue weighted by atomic mass is 10.0. The van der Waals surface area contributed by atoms with Crippen molar-refractivity contribution in [3.63, 3.8) is 0 Å². The molecule has 0 aliphatic carbocycles. The maximum absolute atomic E-state index is 12.5. The van der Waals surface area contributed by atoms with E-state index in [1.54, 1.807) is 38.1 Å². The maximum Gasteiger partial charge on any atom is 0.326 e. The smallest absolute Gasteiger partial charge is 0.326 e. The molecule has 6 heteroatoms. The molecule has 2 rings (SSSR count). The minimum absolute atomic E-state index is 0.0565. The van der Waals surface area contributed by atoms with Crippen LogP contribution in [0.2, 0.25) is 0 Å². The summed E-state index contributed by atoms with van der Waals surface area (Å²) < 4.78 is 0. The minimum atomic E-state index is -1.08. The molecular weight excluding hydrogens is 344 g/mol. The highest BCUT2D eigenvalue weighted by Gasteiger charge is 2.26. The highest BCUT2D eigenvalue weighted by Crippen LogP contribution is 2.18. The van der Waals surface area contributed by atoms with E-state index >= 15 is 0 Å². The predicted molar refractivity (Wildman–Crippen MR) is 102 cm³/mol. The Labute approximate surface area is 158 Å². The van der Waals surface area contributed by atoms with Gasteiger partial charge in [-0.2, -0.15) is 0 Å². The fraction of sp³-hybridized carbons (Fsp3) is 0.286. The molecule has 2 aromatic carbocycles. The Hall–Kier alpha value is -3.15. The molecule has 142 valence electrons. The highest BCUT2D eigenvalue weighted by molar-refractivity contribution is 5.94. The molecule has 0 fully saturated rings. The van der Waals surface area contributed by atoms with Crippen molar-refractivity contribution in [1.29, 1.82) is 0 Å². The lowest BCUT2D eigenvalue weighted by Gasteiger charge is -2.22. The standard InChI is InChI=1S/C21H24N2O4/c1-14(2)19(21(26)27)23-18(24)13-17(15-9-5-3-6-10-15)22-20(25)16-11-7-4-8-12-16/h3-12,14,17,19H,13H2,1-2H3,(H,22,25)(H,23,24)(H,26,27)/t17?,19-/m0/s1. The molecule has 27 heavy (non-hydrogen) atoms. The second-order valence-corrected chi connectivity index (χ2v) is 6.63. The van der Waals surface area contributed by atoms with Gasteiger partial charge < -0.3 is 15.7 Å². The van der Waals surface area contributed by atoms with E-state index in [-0.39, 0.29) is 18.2 Å². The normalized spacial score (nSPS) is 12.9. The van der Waals surface area contributed by atoms with Gasteiger partial charge in [0.15, 0.2) is 0 Å². The van der Waals surface area contributed by atoms with Gasteiger partial charge in [0.2, 0.25) is 5.91 Å². The van der Waals surface area contributed by atoms with Crippen molar-refractivity contribution in [2.45, 2.75) is 32.4 Å². The molecule has 0 spiro atoms. The van der Waals surface area contributed by atoms with Crippen molar-refractivity contribution in [3.8, 4) is 0 Å². The topological polar surface area (TPSA) is 95.5 Å². The van der Waals surface area contributed by atoms with Crippen LogP contribution >= 0.6 is 0 Å². The highest BCUT2D eigenvalue weighted by atomic mass is 16.4. The summed E-state index contributed by atoms with van der Waals surface area (Å²) in [5.41, 5.74) is 1.26. The zero-order chi connectivity index (χ0) is 19.8. The van der Waals surface area contributed by atoms with E-state index in [0.717, 1.165) is 5.56 Å². The second kappa shape index (κ2) is 9.52. The third-order valence-electron chi connectivity index (χ3n) is 4.18. The summed E-state index contributed by atoms with van der Waals surface area (Å²) in [4.78, 5) is 36.3. The second-order valence-electron chi connectivity index (χ2n) is 6.63. The molecule has 0 saturated heterocycles. The van der Waals surface area contributed by atoms with E-state index in [1.807, 2.05) is 36.4 Å². The minimum Gasteiger partial charge on any atom is -0.480 e. The first-order valence-corrected chi connectivity index (χ1v) is 8.81. The molecule has 0 radical (unpaired) electrons. The van der Waals surface area contributed by atoms with Gasteiger partial charge in [0, 0.05) is 5.56 Å². The van der Waals surface area contributed by atoms with Gasteiger partial charge in [-0.05, 0) is 23.6 Å². The van der Waals surface area contributed by atoms with Crippen LogP contribution in [0.5, 0.6) is 0 Å². The summed E-state index contributed by atoms with van der Waals surface area (Å²) in [6.07, 6.45) is -0.0565. The average molecular weight is 368 g/mol. The fourth-order valence-electron chi connectivity index (χ4n) is 2.70. The number of carbonyl (C=O) groups excluding carboxylic acids is 2. The summed E-state index contributed by atoms with van der Waals surface area (Å²) >= 11 is 0. The fourth-order valence-corrected chi connectivity index (χ4v) is 2.70. The van der Waals surface area contributed by atoms with Crippen LogP contribution in [-0.2, 0) is 9.59 Å². The van der Waals surface area contributed by atoms with Crippen LogP contribution in [0.15, 0.2) is 60.7 Å². The predicted octanol–water partition coefficient (Wildman–Crippen LogP) is 2.77. The Morgan fingerprint density at radius 1 is 0.889 bits per heavy atom. The van der Waals surface area contributed by atoms with Crippen molar-refractivity contribution in [1.82, 2.24) is 10.6 Å². The molecule has 3 N–H and O–H groups in total. The van der Waals surface area contributed by atoms with Crippen molar-refractivity contribution >= 4 is 17.8 Å². The molecule has 0 heterocycles. The molecule has 0 aromatic heterocycles. The molecule has 0 aliphatic heterocycles. The summed E-state index contributed by atoms with van der Waals surface area (Å²) in [5.74, 6) is -2.06. The van der Waals surface area contributed by atoms with Crippen LogP contribution in [0.25, 0.3) is 0 Å². The van der Waals surface area contributed by atoms with Gasteiger partial charge in [0.1, 0.15) is 6.04 Å². The first kappa shape index (κ1) is 20.2. The SMILES string of the molecule is CC(C)[C@H](NC(=O)CC(NC(=O)c1ccccc1)c1ccccc1)C(=O)O. The third-order valence-corrected chi connectivity index (χ3v) is 4.18. The Morgan fingerprint density at radius 2 is 1.44 bits per heavy atom. The van der Waals surface area contributed by atoms with E-state index in [0.29, 0.717) is 5.56 Å². The number of carboxylic acid groups (broad SMARTS) is 1. The zero-order valence-corrected chi connectivity index (χ0v) is 15.4. The van der Waals surface area contributed by atoms with E-state index in [2.05, 4.69) is 10.6 Å². The number of carboxylic acids is 1. The van der Waals surface area contributed by atoms with E-state index < -0.39 is 24.0 Å². The Kier molecular flexibility index (Phi) is 7.11. The number of hydrogen-bond donors (Lipinski definition) is 3. The number of aliphatic carboxylic acids is 1. The number of benzene rings is 2. The largest absolute Gasteiger partial charge is 0.480 e. The van der Waals surface area contributed by atoms with Gasteiger partial charge in [-0.1, -0.05) is 62.4 Å². The van der Waals surface area contributed by atoms with Crippen molar-refractivity contribution < 1.29 is 19.5 Å². The summed E-state index contributed by atoms with van der Waals surface area (Å²) in [5, 5.41) is 14.7. The zero-order valence-electron chi connectivity index (χ0n) is 15.4. The van der Waals surface area contributed by atoms with Crippen LogP contribution in [0.1, 0.15) is 42.2 Å². The molecule has 1 unspecified atom stereocenters. The monoisotopic (exact) mass is 368 g/mol. The lowest BCUT2D eigenvalue weighted by Crippen LogP contribution is -2.45. The van der Waals surface area contributed by atoms with Crippen LogP contribution in [-0.4, -0.2) is 28.9 Å². The van der Waals surface area contributed by atoms with Crippen LogP contribution in [0.3, 0.4) is 0 Å². The van der Waals surface area contributed by atoms with Gasteiger partial charge in [0.05, 0.1) is 12.5 Å². The lowest BCUT2D eigenvalue weighted by molar-refractivity contribution is -0.143. The molecule has 6 nitrogen and oxygen atoms in total. The third kappa shape index (κ3) is 5.95. The van der Waals surface area contributed by atoms with E-state index in [4.69, 9.17) is 0 Å². The molecule has 2 atom stereocenters. The van der Waals surface area contributed by atoms with Crippen LogP contribution < -0.4 is 10.6 Å². The number of hydrogen-bond acceptors (Lipinski definition) is 3. The van der Waals surface area contributed by atoms with Gasteiger partial charge >= 0.3 is 5.97 Å². The Bertz CT molecular complexity index is 775. The molecule has 0 aliphatic rings. The summed E-state index contributed by atoms with van der Waals surface area (Å²) in [6, 6.07) is 16.3. The van der Waals surface area contributed by atoms with Gasteiger partial charge in [0.25, 0.3) is 5.91 Å². The number of rotatable bonds is 8. The summed E-state index contributed by atoms with van der Waals surface area (Å²) in [6.45, 7) is 3.45. The quantitative estimate of drug-likeness (QED) is 0.668. The van der Waals surface area contributed by atoms with E-state index in [9.17, 15) is 19.5 Å². The van der Waals surface area contributed by atoms with E-state index in [1.165, 1.54) is 0 Å². The molecule has 0 bridgehead atoms. The van der Waals surface area contributed by atoms with Crippen molar-refractivity contribution in [3.05, 3.63) is 71.8 Å². The van der Waals surface area contributed by atoms with Crippen molar-refractivity contribution in [2.75, 3.05) is 0 Å². The average Bonchev–Trinajstić information content (AvgIpc) is 2.66. The number of amides is 2. The molecule has 2 aromatic rings. The van der Waals surface area contributed by atoms with Gasteiger partial charge in [-0.15, -0.1) is 0 Å². The number of carbonyl (C=O) groups is 3. The Balaban J connectivity index is 2.15. The van der Waals surface area contributed by atoms with Crippen LogP contribution in [0.4, 0.5) is 0 Å². The van der Waals surface area contributed by atoms with Gasteiger partial charge in [-0.25, -0.2) is 4.79 Å². The van der Waals surface area contributed by atoms with Gasteiger partial charge in [-0.3, -0.25) is 9.59 Å². The maximum atomic E-state index is 12.5.